The molecule has 1 aromatic carbocycles. The van der Waals surface area contributed by atoms with Crippen LogP contribution in [0, 0.1) is 0 Å². The Morgan fingerprint density at radius 1 is 1.11 bits per heavy atom. The molecule has 0 amide bonds. The molecule has 18 heavy (non-hydrogen) atoms. The monoisotopic (exact) mass is 294 g/mol. The highest BCUT2D eigenvalue weighted by Gasteiger charge is 2.09. The molecule has 3 aromatic rings. The molecular weight excluding hydrogens is 284 g/mol. The molecule has 0 fully saturated rings. The van der Waals surface area contributed by atoms with Crippen LogP contribution in [0.5, 0.6) is 0 Å². The number of halogens is 1. The minimum Gasteiger partial charge on any atom is -0.143 e. The highest BCUT2D eigenvalue weighted by atomic mass is 35.5. The van der Waals surface area contributed by atoms with E-state index in [1.165, 1.54) is 15.0 Å². The summed E-state index contributed by atoms with van der Waals surface area (Å²) < 4.78 is 1.30. The molecule has 0 N–H and O–H groups in total. The van der Waals surface area contributed by atoms with Gasteiger partial charge in [-0.15, -0.1) is 33.1 Å². The molecule has 2 aromatic heterocycles. The van der Waals surface area contributed by atoms with Gasteiger partial charge < -0.3 is 0 Å². The number of aryl methyl sites for hydroxylation is 1. The van der Waals surface area contributed by atoms with Crippen LogP contribution in [0.4, 0.5) is 0 Å². The number of alkyl halides is 1. The number of hydrogen-bond donors (Lipinski definition) is 0. The lowest BCUT2D eigenvalue weighted by Crippen LogP contribution is -1.84. The summed E-state index contributed by atoms with van der Waals surface area (Å²) in [5.74, 6) is 0.678. The Bertz CT molecular complexity index is 627. The van der Waals surface area contributed by atoms with Gasteiger partial charge in [-0.3, -0.25) is 0 Å². The van der Waals surface area contributed by atoms with Gasteiger partial charge in [-0.2, -0.15) is 0 Å². The number of aromatic nitrogens is 2. The van der Waals surface area contributed by atoms with Crippen LogP contribution < -0.4 is 0 Å². The fourth-order valence-electron chi connectivity index (χ4n) is 1.76. The van der Waals surface area contributed by atoms with Gasteiger partial charge in [0, 0.05) is 17.0 Å². The van der Waals surface area contributed by atoms with Gasteiger partial charge in [0.1, 0.15) is 5.01 Å². The maximum atomic E-state index is 5.69. The third-order valence-electron chi connectivity index (χ3n) is 2.63. The van der Waals surface area contributed by atoms with Crippen molar-refractivity contribution in [2.45, 2.75) is 12.8 Å². The van der Waals surface area contributed by atoms with Crippen molar-refractivity contribution < 1.29 is 0 Å². The summed E-state index contributed by atoms with van der Waals surface area (Å²) in [5, 5.41) is 11.8. The van der Waals surface area contributed by atoms with E-state index in [0.717, 1.165) is 22.9 Å². The zero-order chi connectivity index (χ0) is 12.4. The average Bonchev–Trinajstić information content (AvgIpc) is 3.02. The van der Waals surface area contributed by atoms with E-state index in [1.807, 2.05) is 0 Å². The second kappa shape index (κ2) is 5.34. The SMILES string of the molecule is ClCCCc1nnc(-c2cc3ccccc3s2)s1. The maximum Gasteiger partial charge on any atom is 0.157 e. The number of thiophene rings is 1. The van der Waals surface area contributed by atoms with Crippen LogP contribution in [0.15, 0.2) is 30.3 Å². The largest absolute Gasteiger partial charge is 0.157 e. The molecule has 0 spiro atoms. The van der Waals surface area contributed by atoms with Crippen LogP contribution in [-0.2, 0) is 6.42 Å². The number of rotatable bonds is 4. The summed E-state index contributed by atoms with van der Waals surface area (Å²) in [6.45, 7) is 0. The lowest BCUT2D eigenvalue weighted by molar-refractivity contribution is 0.884. The molecule has 0 unspecified atom stereocenters. The zero-order valence-corrected chi connectivity index (χ0v) is 12.0. The van der Waals surface area contributed by atoms with Crippen LogP contribution in [-0.4, -0.2) is 16.1 Å². The van der Waals surface area contributed by atoms with Crippen molar-refractivity contribution in [2.75, 3.05) is 5.88 Å². The summed E-state index contributed by atoms with van der Waals surface area (Å²) in [7, 11) is 0. The Labute approximate surface area is 118 Å². The number of benzene rings is 1. The van der Waals surface area contributed by atoms with Crippen molar-refractivity contribution in [3.05, 3.63) is 35.3 Å². The summed E-state index contributed by atoms with van der Waals surface area (Å²) in [6, 6.07) is 10.6. The van der Waals surface area contributed by atoms with E-state index in [9.17, 15) is 0 Å². The van der Waals surface area contributed by atoms with Gasteiger partial charge in [0.15, 0.2) is 5.01 Å². The summed E-state index contributed by atoms with van der Waals surface area (Å²) in [5.41, 5.74) is 0. The van der Waals surface area contributed by atoms with Gasteiger partial charge in [0.05, 0.1) is 4.88 Å². The number of nitrogens with zero attached hydrogens (tertiary/aromatic N) is 2. The highest BCUT2D eigenvalue weighted by Crippen LogP contribution is 2.34. The van der Waals surface area contributed by atoms with Crippen LogP contribution in [0.2, 0.25) is 0 Å². The molecule has 2 heterocycles. The normalized spacial score (nSPS) is 11.2. The number of hydrogen-bond acceptors (Lipinski definition) is 4. The molecule has 0 radical (unpaired) electrons. The first kappa shape index (κ1) is 12.1. The second-order valence-electron chi connectivity index (χ2n) is 3.94. The van der Waals surface area contributed by atoms with E-state index in [4.69, 9.17) is 11.6 Å². The Balaban J connectivity index is 1.91. The first-order valence-corrected chi connectivity index (χ1v) is 7.91. The average molecular weight is 295 g/mol. The van der Waals surface area contributed by atoms with E-state index >= 15 is 0 Å². The van der Waals surface area contributed by atoms with Crippen molar-refractivity contribution in [2.24, 2.45) is 0 Å². The van der Waals surface area contributed by atoms with Gasteiger partial charge in [-0.05, 0) is 23.9 Å². The van der Waals surface area contributed by atoms with Crippen molar-refractivity contribution >= 4 is 44.4 Å². The molecule has 0 aliphatic carbocycles. The van der Waals surface area contributed by atoms with Crippen LogP contribution in [0.3, 0.4) is 0 Å². The Kier molecular flexibility index (Phi) is 3.59. The van der Waals surface area contributed by atoms with Crippen molar-refractivity contribution in [1.29, 1.82) is 0 Å². The van der Waals surface area contributed by atoms with Crippen molar-refractivity contribution in [1.82, 2.24) is 10.2 Å². The highest BCUT2D eigenvalue weighted by molar-refractivity contribution is 7.25. The molecule has 2 nitrogen and oxygen atoms in total. The first-order chi connectivity index (χ1) is 8.86. The minimum atomic E-state index is 0.678. The molecular formula is C13H11ClN2S2. The van der Waals surface area contributed by atoms with Gasteiger partial charge in [-0.25, -0.2) is 0 Å². The quantitative estimate of drug-likeness (QED) is 0.658. The lowest BCUT2D eigenvalue weighted by atomic mass is 10.2. The van der Waals surface area contributed by atoms with E-state index in [2.05, 4.69) is 40.5 Å². The molecule has 0 aliphatic heterocycles. The molecule has 0 saturated carbocycles. The Morgan fingerprint density at radius 2 is 2.00 bits per heavy atom. The number of fused-ring (bicyclic) bond motifs is 1. The van der Waals surface area contributed by atoms with Crippen molar-refractivity contribution in [3.63, 3.8) is 0 Å². The van der Waals surface area contributed by atoms with Crippen LogP contribution in [0.25, 0.3) is 20.0 Å². The molecule has 92 valence electrons. The third kappa shape index (κ3) is 2.41. The molecule has 0 atom stereocenters. The molecule has 0 aliphatic rings. The molecule has 0 saturated heterocycles. The second-order valence-corrected chi connectivity index (χ2v) is 6.47. The zero-order valence-electron chi connectivity index (χ0n) is 9.60. The van der Waals surface area contributed by atoms with Gasteiger partial charge in [0.2, 0.25) is 0 Å². The van der Waals surface area contributed by atoms with Gasteiger partial charge in [0.25, 0.3) is 0 Å². The van der Waals surface area contributed by atoms with Gasteiger partial charge in [-0.1, -0.05) is 29.5 Å². The fraction of sp³-hybridized carbons (Fsp3) is 0.231. The van der Waals surface area contributed by atoms with E-state index in [1.54, 1.807) is 22.7 Å². The molecule has 0 bridgehead atoms. The predicted molar refractivity (Wildman–Crippen MR) is 79.8 cm³/mol. The third-order valence-corrected chi connectivity index (χ3v) is 5.16. The molecule has 3 rings (SSSR count). The van der Waals surface area contributed by atoms with Crippen LogP contribution >= 0.6 is 34.3 Å². The smallest absolute Gasteiger partial charge is 0.143 e. The summed E-state index contributed by atoms with van der Waals surface area (Å²) >= 11 is 9.13. The van der Waals surface area contributed by atoms with Crippen molar-refractivity contribution in [3.8, 4) is 9.88 Å². The van der Waals surface area contributed by atoms with E-state index in [-0.39, 0.29) is 0 Å². The minimum absolute atomic E-state index is 0.678. The fourth-order valence-corrected chi connectivity index (χ4v) is 3.88. The van der Waals surface area contributed by atoms with Crippen LogP contribution in [0.1, 0.15) is 11.4 Å². The van der Waals surface area contributed by atoms with E-state index < -0.39 is 0 Å². The Hall–Kier alpha value is -0.970. The predicted octanol–water partition coefficient (Wildman–Crippen LogP) is 4.59. The lowest BCUT2D eigenvalue weighted by Gasteiger charge is -1.88. The summed E-state index contributed by atoms with van der Waals surface area (Å²) in [4.78, 5) is 1.20. The summed E-state index contributed by atoms with van der Waals surface area (Å²) in [6.07, 6.45) is 1.88. The Morgan fingerprint density at radius 3 is 2.83 bits per heavy atom. The topological polar surface area (TPSA) is 25.8 Å². The standard InChI is InChI=1S/C13H11ClN2S2/c14-7-3-6-12-15-16-13(18-12)11-8-9-4-1-2-5-10(9)17-11/h1-2,4-5,8H,3,6-7H2. The van der Waals surface area contributed by atoms with E-state index in [0.29, 0.717) is 5.88 Å². The van der Waals surface area contributed by atoms with Gasteiger partial charge >= 0.3 is 0 Å². The first-order valence-electron chi connectivity index (χ1n) is 5.74. The molecule has 5 heteroatoms. The maximum absolute atomic E-state index is 5.69.